The zero-order valence-corrected chi connectivity index (χ0v) is 14.3. The van der Waals surface area contributed by atoms with Crippen LogP contribution in [0.2, 0.25) is 0 Å². The average molecular weight is 319 g/mol. The van der Waals surface area contributed by atoms with E-state index < -0.39 is 6.16 Å². The maximum Gasteiger partial charge on any atom is 0.513 e. The predicted molar refractivity (Wildman–Crippen MR) is 91.1 cm³/mol. The highest BCUT2D eigenvalue weighted by Gasteiger charge is 2.14. The number of benzene rings is 1. The molecule has 0 saturated carbocycles. The summed E-state index contributed by atoms with van der Waals surface area (Å²) in [4.78, 5) is 19.1. The summed E-state index contributed by atoms with van der Waals surface area (Å²) < 4.78 is 10.5. The monoisotopic (exact) mass is 319 g/mol. The van der Waals surface area contributed by atoms with Gasteiger partial charge in [-0.25, -0.2) is 4.79 Å². The van der Waals surface area contributed by atoms with Gasteiger partial charge in [-0.15, -0.1) is 0 Å². The summed E-state index contributed by atoms with van der Waals surface area (Å²) in [5.74, 6) is 0.535. The van der Waals surface area contributed by atoms with Crippen molar-refractivity contribution >= 4 is 17.1 Å². The van der Waals surface area contributed by atoms with E-state index in [4.69, 9.17) is 9.47 Å². The summed E-state index contributed by atoms with van der Waals surface area (Å²) in [5, 5.41) is 0.943. The molecule has 2 rings (SSSR count). The molecular formula is C17H25N3O3. The van der Waals surface area contributed by atoms with Crippen molar-refractivity contribution in [3.63, 3.8) is 0 Å². The first-order valence-corrected chi connectivity index (χ1v) is 7.70. The molecule has 126 valence electrons. The Balaban J connectivity index is 2.10. The minimum absolute atomic E-state index is 0.308. The van der Waals surface area contributed by atoms with Crippen molar-refractivity contribution in [3.05, 3.63) is 30.0 Å². The Morgan fingerprint density at radius 2 is 1.87 bits per heavy atom. The fourth-order valence-corrected chi connectivity index (χ4v) is 2.28. The molecule has 0 bridgehead atoms. The molecule has 2 aromatic rings. The minimum atomic E-state index is -0.667. The van der Waals surface area contributed by atoms with Crippen LogP contribution in [0, 0.1) is 0 Å². The maximum absolute atomic E-state index is 11.9. The Labute approximate surface area is 137 Å². The number of hydrogen-bond donors (Lipinski definition) is 1. The second kappa shape index (κ2) is 7.99. The molecular weight excluding hydrogens is 294 g/mol. The summed E-state index contributed by atoms with van der Waals surface area (Å²) in [6.07, 6.45) is 2.18. The molecule has 0 fully saturated rings. The zero-order chi connectivity index (χ0) is 16.8. The van der Waals surface area contributed by atoms with Crippen molar-refractivity contribution in [2.24, 2.45) is 0 Å². The number of carbonyl (C=O) groups excluding carboxylic acids is 1. The van der Waals surface area contributed by atoms with Gasteiger partial charge in [-0.05, 0) is 52.3 Å². The van der Waals surface area contributed by atoms with Gasteiger partial charge in [0, 0.05) is 30.2 Å². The van der Waals surface area contributed by atoms with Crippen LogP contribution < -0.4 is 4.74 Å². The number of H-pyrrole nitrogens is 1. The normalized spacial score (nSPS) is 11.4. The summed E-state index contributed by atoms with van der Waals surface area (Å²) in [5.41, 5.74) is 2.09. The first-order chi connectivity index (χ1) is 11.0. The third-order valence-electron chi connectivity index (χ3n) is 3.53. The van der Waals surface area contributed by atoms with Gasteiger partial charge in [-0.2, -0.15) is 0 Å². The highest BCUT2D eigenvalue weighted by atomic mass is 16.7. The zero-order valence-electron chi connectivity index (χ0n) is 14.3. The van der Waals surface area contributed by atoms with Crippen LogP contribution in [0.1, 0.15) is 5.56 Å². The molecule has 0 spiro atoms. The van der Waals surface area contributed by atoms with Gasteiger partial charge in [0.25, 0.3) is 0 Å². The Kier molecular flexibility index (Phi) is 6.01. The average Bonchev–Trinajstić information content (AvgIpc) is 2.89. The lowest BCUT2D eigenvalue weighted by atomic mass is 10.1. The number of carbonyl (C=O) groups is 1. The van der Waals surface area contributed by atoms with E-state index in [-0.39, 0.29) is 0 Å². The number of nitrogens with zero attached hydrogens (tertiary/aromatic N) is 2. The topological polar surface area (TPSA) is 57.8 Å². The molecule has 0 saturated heterocycles. The first-order valence-electron chi connectivity index (χ1n) is 7.70. The minimum Gasteiger partial charge on any atom is -0.433 e. The lowest BCUT2D eigenvalue weighted by Gasteiger charge is -2.11. The lowest BCUT2D eigenvalue weighted by molar-refractivity contribution is 0.0932. The van der Waals surface area contributed by atoms with E-state index in [1.165, 1.54) is 0 Å². The van der Waals surface area contributed by atoms with Crippen LogP contribution in [0.5, 0.6) is 5.75 Å². The molecule has 1 aromatic carbocycles. The van der Waals surface area contributed by atoms with Gasteiger partial charge in [-0.1, -0.05) is 6.07 Å². The molecule has 0 atom stereocenters. The molecule has 0 aliphatic heterocycles. The van der Waals surface area contributed by atoms with E-state index >= 15 is 0 Å². The molecule has 23 heavy (non-hydrogen) atoms. The first kappa shape index (κ1) is 17.3. The van der Waals surface area contributed by atoms with Crippen LogP contribution in [-0.4, -0.2) is 68.8 Å². The molecule has 0 aliphatic rings. The summed E-state index contributed by atoms with van der Waals surface area (Å²) >= 11 is 0. The Morgan fingerprint density at radius 1 is 1.13 bits per heavy atom. The molecule has 1 N–H and O–H groups in total. The van der Waals surface area contributed by atoms with Crippen molar-refractivity contribution in [2.45, 2.75) is 6.42 Å². The van der Waals surface area contributed by atoms with Gasteiger partial charge in [0.1, 0.15) is 12.4 Å². The van der Waals surface area contributed by atoms with E-state index in [0.717, 1.165) is 29.4 Å². The van der Waals surface area contributed by atoms with Crippen LogP contribution >= 0.6 is 0 Å². The van der Waals surface area contributed by atoms with Crippen LogP contribution in [0.15, 0.2) is 24.4 Å². The van der Waals surface area contributed by atoms with Crippen molar-refractivity contribution < 1.29 is 14.3 Å². The number of aromatic nitrogens is 1. The lowest BCUT2D eigenvalue weighted by Crippen LogP contribution is -2.21. The fourth-order valence-electron chi connectivity index (χ4n) is 2.28. The van der Waals surface area contributed by atoms with Gasteiger partial charge >= 0.3 is 6.16 Å². The Morgan fingerprint density at radius 3 is 2.57 bits per heavy atom. The quantitative estimate of drug-likeness (QED) is 0.627. The second-order valence-electron chi connectivity index (χ2n) is 6.05. The number of aromatic amines is 1. The summed E-state index contributed by atoms with van der Waals surface area (Å²) in [6, 6.07) is 5.62. The molecule has 1 heterocycles. The molecule has 0 aliphatic carbocycles. The van der Waals surface area contributed by atoms with E-state index in [1.807, 2.05) is 51.4 Å². The Bertz CT molecular complexity index is 650. The molecule has 6 nitrogen and oxygen atoms in total. The molecule has 0 radical (unpaired) electrons. The predicted octanol–water partition coefficient (Wildman–Crippen LogP) is 2.35. The van der Waals surface area contributed by atoms with Gasteiger partial charge in [0.05, 0.1) is 0 Å². The van der Waals surface area contributed by atoms with E-state index in [0.29, 0.717) is 18.9 Å². The standard InChI is InChI=1S/C17H25N3O3/c1-19(2)9-8-13-12-18-14-6-5-7-15(16(13)14)23-17(21)22-11-10-20(3)4/h5-7,12,18H,8-11H2,1-4H3. The summed E-state index contributed by atoms with van der Waals surface area (Å²) in [7, 11) is 7.92. The van der Waals surface area contributed by atoms with Crippen molar-refractivity contribution in [2.75, 3.05) is 47.9 Å². The van der Waals surface area contributed by atoms with Crippen LogP contribution in [0.25, 0.3) is 10.9 Å². The number of ether oxygens (including phenoxy) is 2. The highest BCUT2D eigenvalue weighted by molar-refractivity contribution is 5.90. The third-order valence-corrected chi connectivity index (χ3v) is 3.53. The number of hydrogen-bond acceptors (Lipinski definition) is 5. The van der Waals surface area contributed by atoms with Gasteiger partial charge in [0.2, 0.25) is 0 Å². The van der Waals surface area contributed by atoms with Crippen LogP contribution in [-0.2, 0) is 11.2 Å². The summed E-state index contributed by atoms with van der Waals surface area (Å²) in [6.45, 7) is 1.90. The van der Waals surface area contributed by atoms with E-state index in [1.54, 1.807) is 6.07 Å². The fraction of sp³-hybridized carbons (Fsp3) is 0.471. The maximum atomic E-state index is 11.9. The number of nitrogens with one attached hydrogen (secondary N) is 1. The van der Waals surface area contributed by atoms with E-state index in [2.05, 4.69) is 9.88 Å². The van der Waals surface area contributed by atoms with Crippen molar-refractivity contribution in [1.82, 2.24) is 14.8 Å². The Hall–Kier alpha value is -2.05. The molecule has 0 unspecified atom stereocenters. The largest absolute Gasteiger partial charge is 0.513 e. The van der Waals surface area contributed by atoms with Crippen LogP contribution in [0.3, 0.4) is 0 Å². The van der Waals surface area contributed by atoms with Gasteiger partial charge < -0.3 is 24.3 Å². The number of fused-ring (bicyclic) bond motifs is 1. The van der Waals surface area contributed by atoms with Crippen molar-refractivity contribution in [1.29, 1.82) is 0 Å². The van der Waals surface area contributed by atoms with Gasteiger partial charge in [0.15, 0.2) is 0 Å². The molecule has 1 aromatic heterocycles. The molecule has 6 heteroatoms. The van der Waals surface area contributed by atoms with Crippen molar-refractivity contribution in [3.8, 4) is 5.75 Å². The SMILES string of the molecule is CN(C)CCOC(=O)Oc1cccc2[nH]cc(CCN(C)C)c12. The van der Waals surface area contributed by atoms with Gasteiger partial charge in [-0.3, -0.25) is 0 Å². The highest BCUT2D eigenvalue weighted by Crippen LogP contribution is 2.29. The smallest absolute Gasteiger partial charge is 0.433 e. The number of likely N-dealkylation sites (N-methyl/N-ethyl adjacent to an activating group) is 2. The molecule has 0 amide bonds. The van der Waals surface area contributed by atoms with Crippen LogP contribution in [0.4, 0.5) is 4.79 Å². The third kappa shape index (κ3) is 4.97. The number of rotatable bonds is 7. The van der Waals surface area contributed by atoms with E-state index in [9.17, 15) is 4.79 Å². The second-order valence-corrected chi connectivity index (χ2v) is 6.05.